The molecule has 0 aliphatic heterocycles. The molecule has 0 aliphatic carbocycles. The highest BCUT2D eigenvalue weighted by molar-refractivity contribution is 7.89. The molecule has 0 bridgehead atoms. The summed E-state index contributed by atoms with van der Waals surface area (Å²) in [5, 5.41) is 1.06. The lowest BCUT2D eigenvalue weighted by Gasteiger charge is -2.08. The topological polar surface area (TPSA) is 71.2 Å². The molecule has 6 heteroatoms. The third-order valence-electron chi connectivity index (χ3n) is 4.29. The molecule has 2 aromatic carbocycles. The molecule has 0 atom stereocenters. The molecule has 3 aromatic rings. The summed E-state index contributed by atoms with van der Waals surface area (Å²) >= 11 is 0. The number of fused-ring (bicyclic) bond motifs is 1. The Morgan fingerprint density at radius 1 is 1.12 bits per heavy atom. The van der Waals surface area contributed by atoms with Crippen molar-refractivity contribution in [3.05, 3.63) is 59.3 Å². The first-order valence-electron chi connectivity index (χ1n) is 8.12. The summed E-state index contributed by atoms with van der Waals surface area (Å²) in [5.41, 5.74) is 4.08. The lowest BCUT2D eigenvalue weighted by molar-refractivity contribution is 0.415. The van der Waals surface area contributed by atoms with Crippen molar-refractivity contribution in [3.8, 4) is 5.75 Å². The fraction of sp³-hybridized carbons (Fsp3) is 0.263. The van der Waals surface area contributed by atoms with Crippen LogP contribution < -0.4 is 9.46 Å². The molecule has 0 radical (unpaired) electrons. The van der Waals surface area contributed by atoms with Crippen LogP contribution in [-0.4, -0.2) is 27.1 Å². The predicted molar refractivity (Wildman–Crippen MR) is 99.7 cm³/mol. The quantitative estimate of drug-likeness (QED) is 0.710. The van der Waals surface area contributed by atoms with Crippen molar-refractivity contribution in [1.82, 2.24) is 9.71 Å². The van der Waals surface area contributed by atoms with Crippen molar-refractivity contribution in [2.45, 2.75) is 25.2 Å². The maximum Gasteiger partial charge on any atom is 0.240 e. The van der Waals surface area contributed by atoms with Crippen LogP contribution in [-0.2, 0) is 16.4 Å². The van der Waals surface area contributed by atoms with Crippen LogP contribution in [0.4, 0.5) is 0 Å². The van der Waals surface area contributed by atoms with Gasteiger partial charge in [-0.25, -0.2) is 13.1 Å². The molecule has 3 rings (SSSR count). The highest BCUT2D eigenvalue weighted by Gasteiger charge is 2.15. The van der Waals surface area contributed by atoms with E-state index in [0.717, 1.165) is 33.5 Å². The Labute approximate surface area is 148 Å². The number of rotatable bonds is 6. The lowest BCUT2D eigenvalue weighted by atomic mass is 10.1. The number of benzene rings is 2. The van der Waals surface area contributed by atoms with Gasteiger partial charge in [-0.05, 0) is 61.7 Å². The fourth-order valence-corrected chi connectivity index (χ4v) is 4.12. The van der Waals surface area contributed by atoms with Crippen LogP contribution in [0.2, 0.25) is 0 Å². The Bertz CT molecular complexity index is 1010. The highest BCUT2D eigenvalue weighted by Crippen LogP contribution is 2.26. The van der Waals surface area contributed by atoms with E-state index in [1.54, 1.807) is 25.3 Å². The number of sulfonamides is 1. The third-order valence-corrected chi connectivity index (χ3v) is 5.75. The summed E-state index contributed by atoms with van der Waals surface area (Å²) in [6, 6.07) is 12.8. The number of hydrogen-bond donors (Lipinski definition) is 2. The van der Waals surface area contributed by atoms with Gasteiger partial charge in [0, 0.05) is 23.1 Å². The number of H-pyrrole nitrogens is 1. The van der Waals surface area contributed by atoms with Gasteiger partial charge in [0.2, 0.25) is 10.0 Å². The minimum Gasteiger partial charge on any atom is -0.497 e. The van der Waals surface area contributed by atoms with Gasteiger partial charge in [-0.2, -0.15) is 0 Å². The zero-order chi connectivity index (χ0) is 18.0. The van der Waals surface area contributed by atoms with Crippen LogP contribution in [0, 0.1) is 13.8 Å². The van der Waals surface area contributed by atoms with E-state index in [0.29, 0.717) is 17.9 Å². The van der Waals surface area contributed by atoms with Gasteiger partial charge < -0.3 is 9.72 Å². The summed E-state index contributed by atoms with van der Waals surface area (Å²) in [7, 11) is -1.86. The molecule has 2 N–H and O–H groups in total. The molecule has 132 valence electrons. The molecule has 0 fully saturated rings. The van der Waals surface area contributed by atoms with E-state index in [9.17, 15) is 8.42 Å². The Morgan fingerprint density at radius 3 is 2.64 bits per heavy atom. The first-order valence-corrected chi connectivity index (χ1v) is 9.60. The van der Waals surface area contributed by atoms with E-state index in [1.165, 1.54) is 0 Å². The summed E-state index contributed by atoms with van der Waals surface area (Å²) in [5.74, 6) is 0.785. The third kappa shape index (κ3) is 3.70. The zero-order valence-electron chi connectivity index (χ0n) is 14.6. The normalized spacial score (nSPS) is 11.8. The monoisotopic (exact) mass is 358 g/mol. The number of ether oxygens (including phenoxy) is 1. The van der Waals surface area contributed by atoms with Crippen LogP contribution in [0.15, 0.2) is 47.4 Å². The average molecular weight is 358 g/mol. The molecule has 0 unspecified atom stereocenters. The van der Waals surface area contributed by atoms with Gasteiger partial charge in [-0.15, -0.1) is 0 Å². The molecule has 25 heavy (non-hydrogen) atoms. The molecule has 0 saturated heterocycles. The second-order valence-corrected chi connectivity index (χ2v) is 7.87. The van der Waals surface area contributed by atoms with Crippen molar-refractivity contribution >= 4 is 20.9 Å². The van der Waals surface area contributed by atoms with Crippen molar-refractivity contribution in [2.24, 2.45) is 0 Å². The molecule has 5 nitrogen and oxygen atoms in total. The van der Waals surface area contributed by atoms with E-state index < -0.39 is 10.0 Å². The van der Waals surface area contributed by atoms with E-state index in [4.69, 9.17) is 4.74 Å². The highest BCUT2D eigenvalue weighted by atomic mass is 32.2. The SMILES string of the molecule is COc1ccc2[nH]c(C)c(CCNS(=O)(=O)c3cccc(C)c3)c2c1. The second kappa shape index (κ2) is 6.90. The molecule has 1 aromatic heterocycles. The van der Waals surface area contributed by atoms with E-state index in [1.807, 2.05) is 38.1 Å². The van der Waals surface area contributed by atoms with Crippen LogP contribution in [0.1, 0.15) is 16.8 Å². The number of nitrogens with one attached hydrogen (secondary N) is 2. The second-order valence-electron chi connectivity index (χ2n) is 6.10. The van der Waals surface area contributed by atoms with Crippen molar-refractivity contribution in [2.75, 3.05) is 13.7 Å². The van der Waals surface area contributed by atoms with Crippen LogP contribution in [0.5, 0.6) is 5.75 Å². The van der Waals surface area contributed by atoms with Gasteiger partial charge in [-0.1, -0.05) is 12.1 Å². The van der Waals surface area contributed by atoms with Crippen LogP contribution in [0.3, 0.4) is 0 Å². The zero-order valence-corrected chi connectivity index (χ0v) is 15.4. The lowest BCUT2D eigenvalue weighted by Crippen LogP contribution is -2.26. The Balaban J connectivity index is 1.78. The number of methoxy groups -OCH3 is 1. The van der Waals surface area contributed by atoms with E-state index >= 15 is 0 Å². The summed E-state index contributed by atoms with van der Waals surface area (Å²) < 4.78 is 32.8. The molecular formula is C19H22N2O3S. The average Bonchev–Trinajstić information content (AvgIpc) is 2.89. The van der Waals surface area contributed by atoms with Crippen LogP contribution in [0.25, 0.3) is 10.9 Å². The Morgan fingerprint density at radius 2 is 1.92 bits per heavy atom. The maximum absolute atomic E-state index is 12.4. The largest absolute Gasteiger partial charge is 0.497 e. The smallest absolute Gasteiger partial charge is 0.240 e. The predicted octanol–water partition coefficient (Wildman–Crippen LogP) is 3.31. The number of aromatic amines is 1. The van der Waals surface area contributed by atoms with Gasteiger partial charge in [0.05, 0.1) is 12.0 Å². The van der Waals surface area contributed by atoms with Gasteiger partial charge in [-0.3, -0.25) is 0 Å². The first-order chi connectivity index (χ1) is 11.9. The number of aryl methyl sites for hydroxylation is 2. The van der Waals surface area contributed by atoms with E-state index in [2.05, 4.69) is 9.71 Å². The number of hydrogen-bond acceptors (Lipinski definition) is 3. The number of aromatic nitrogens is 1. The minimum atomic E-state index is -3.50. The van der Waals surface area contributed by atoms with Gasteiger partial charge in [0.1, 0.15) is 5.75 Å². The van der Waals surface area contributed by atoms with Crippen molar-refractivity contribution < 1.29 is 13.2 Å². The Hall–Kier alpha value is -2.31. The molecule has 0 spiro atoms. The van der Waals surface area contributed by atoms with Crippen molar-refractivity contribution in [3.63, 3.8) is 0 Å². The van der Waals surface area contributed by atoms with E-state index in [-0.39, 0.29) is 0 Å². The maximum atomic E-state index is 12.4. The summed E-state index contributed by atoms with van der Waals surface area (Å²) in [4.78, 5) is 3.63. The van der Waals surface area contributed by atoms with Gasteiger partial charge in [0.15, 0.2) is 0 Å². The molecule has 0 saturated carbocycles. The fourth-order valence-electron chi connectivity index (χ4n) is 2.99. The summed E-state index contributed by atoms with van der Waals surface area (Å²) in [6.45, 7) is 4.21. The molecule has 0 amide bonds. The first kappa shape index (κ1) is 17.5. The molecule has 0 aliphatic rings. The minimum absolute atomic E-state index is 0.296. The standard InChI is InChI=1S/C19H22N2O3S/c1-13-5-4-6-16(11-13)25(22,23)20-10-9-17-14(2)21-19-8-7-15(24-3)12-18(17)19/h4-8,11-12,20-21H,9-10H2,1-3H3. The van der Waals surface area contributed by atoms with Gasteiger partial charge >= 0.3 is 0 Å². The van der Waals surface area contributed by atoms with Gasteiger partial charge in [0.25, 0.3) is 0 Å². The molecule has 1 heterocycles. The Kier molecular flexibility index (Phi) is 4.83. The molecular weight excluding hydrogens is 336 g/mol. The van der Waals surface area contributed by atoms with Crippen molar-refractivity contribution in [1.29, 1.82) is 0 Å². The summed E-state index contributed by atoms with van der Waals surface area (Å²) in [6.07, 6.45) is 0.601. The van der Waals surface area contributed by atoms with Crippen LogP contribution >= 0.6 is 0 Å².